The van der Waals surface area contributed by atoms with Crippen molar-refractivity contribution in [2.45, 2.75) is 44.0 Å². The second kappa shape index (κ2) is 11.7. The zero-order chi connectivity index (χ0) is 29.0. The predicted octanol–water partition coefficient (Wildman–Crippen LogP) is 3.26. The smallest absolute Gasteiger partial charge is 0.345 e. The molecule has 39 heavy (non-hydrogen) atoms. The zero-order valence-corrected chi connectivity index (χ0v) is 22.6. The van der Waals surface area contributed by atoms with Gasteiger partial charge in [-0.3, -0.25) is 0 Å². The van der Waals surface area contributed by atoms with E-state index in [0.717, 1.165) is 0 Å². The summed E-state index contributed by atoms with van der Waals surface area (Å²) in [6.45, 7) is 5.14. The monoisotopic (exact) mass is 558 g/mol. The largest absolute Gasteiger partial charge is 0.464 e. The first-order valence-corrected chi connectivity index (χ1v) is 13.5. The lowest BCUT2D eigenvalue weighted by Crippen LogP contribution is -2.63. The Hall–Kier alpha value is -4.24. The van der Waals surface area contributed by atoms with Crippen LogP contribution in [-0.4, -0.2) is 56.0 Å². The van der Waals surface area contributed by atoms with Crippen LogP contribution in [-0.2, 0) is 38.6 Å². The van der Waals surface area contributed by atoms with Gasteiger partial charge in [-0.05, 0) is 57.5 Å². The summed E-state index contributed by atoms with van der Waals surface area (Å²) in [4.78, 5) is 40.3. The van der Waals surface area contributed by atoms with Gasteiger partial charge in [0.2, 0.25) is 5.95 Å². The summed E-state index contributed by atoms with van der Waals surface area (Å²) in [5.41, 5.74) is -3.11. The van der Waals surface area contributed by atoms with Crippen molar-refractivity contribution in [2.24, 2.45) is 0 Å². The fraction of sp³-hybridized carbons (Fsp3) is 0.333. The van der Waals surface area contributed by atoms with Crippen LogP contribution >= 0.6 is 0 Å². The standard InChI is InChI=1S/C27H27FN2O8S/c1-5-36-24(31)21-22(19-12-10-18(16-29)11-13-19)27(25(32)37-6-2,26(33)38-7-3)30(23(21)28)39(34,35)20-14-8-17(4)9-15-20/h8-15,22H,5-7H2,1-4H3. The molecule has 12 heteroatoms. The number of nitrogens with zero attached hydrogens (tertiary/aromatic N) is 2. The molecule has 1 heterocycles. The van der Waals surface area contributed by atoms with Crippen molar-refractivity contribution >= 4 is 27.9 Å². The Kier molecular flexibility index (Phi) is 8.76. The van der Waals surface area contributed by atoms with Gasteiger partial charge in [0, 0.05) is 0 Å². The molecule has 0 spiro atoms. The third kappa shape index (κ3) is 4.97. The van der Waals surface area contributed by atoms with Gasteiger partial charge in [0.1, 0.15) is 5.57 Å². The Balaban J connectivity index is 2.51. The average Bonchev–Trinajstić information content (AvgIpc) is 3.20. The first kappa shape index (κ1) is 29.3. The molecule has 1 atom stereocenters. The molecule has 10 nitrogen and oxygen atoms in total. The van der Waals surface area contributed by atoms with Gasteiger partial charge in [0.25, 0.3) is 15.6 Å². The highest BCUT2D eigenvalue weighted by Gasteiger charge is 2.71. The molecule has 206 valence electrons. The maximum atomic E-state index is 16.5. The Morgan fingerprint density at radius 1 is 0.923 bits per heavy atom. The molecule has 1 aliphatic heterocycles. The van der Waals surface area contributed by atoms with E-state index in [1.807, 2.05) is 6.07 Å². The van der Waals surface area contributed by atoms with Crippen LogP contribution in [0.15, 0.2) is 65.0 Å². The van der Waals surface area contributed by atoms with Crippen molar-refractivity contribution in [2.75, 3.05) is 19.8 Å². The lowest BCUT2D eigenvalue weighted by molar-refractivity contribution is -0.170. The van der Waals surface area contributed by atoms with Gasteiger partial charge in [0.15, 0.2) is 0 Å². The number of nitriles is 1. The highest BCUT2D eigenvalue weighted by molar-refractivity contribution is 7.89. The van der Waals surface area contributed by atoms with Gasteiger partial charge in [-0.2, -0.15) is 9.65 Å². The lowest BCUT2D eigenvalue weighted by Gasteiger charge is -2.38. The number of carbonyl (C=O) groups excluding carboxylic acids is 3. The van der Waals surface area contributed by atoms with Crippen LogP contribution in [0.5, 0.6) is 0 Å². The number of hydrogen-bond donors (Lipinski definition) is 0. The van der Waals surface area contributed by atoms with Crippen molar-refractivity contribution < 1.29 is 41.4 Å². The summed E-state index contributed by atoms with van der Waals surface area (Å²) in [6.07, 6.45) is 0. The van der Waals surface area contributed by atoms with Crippen molar-refractivity contribution in [3.05, 3.63) is 76.7 Å². The molecule has 1 unspecified atom stereocenters. The molecule has 0 bridgehead atoms. The molecule has 2 aromatic rings. The summed E-state index contributed by atoms with van der Waals surface area (Å²) >= 11 is 0. The number of benzene rings is 2. The SMILES string of the molecule is CCOC(=O)C1=C(F)N(S(=O)(=O)c2ccc(C)cc2)C(C(=O)OCC)(C(=O)OCC)C1c1ccc(C#N)cc1. The molecular weight excluding hydrogens is 531 g/mol. The molecule has 3 rings (SSSR count). The van der Waals surface area contributed by atoms with Crippen LogP contribution in [0, 0.1) is 18.3 Å². The Labute approximate surface area is 225 Å². The Morgan fingerprint density at radius 2 is 1.44 bits per heavy atom. The first-order valence-electron chi connectivity index (χ1n) is 12.1. The minimum atomic E-state index is -5.04. The summed E-state index contributed by atoms with van der Waals surface area (Å²) in [5, 5.41) is 9.23. The molecule has 0 saturated heterocycles. The van der Waals surface area contributed by atoms with E-state index >= 15 is 4.39 Å². The highest BCUT2D eigenvalue weighted by Crippen LogP contribution is 2.53. The van der Waals surface area contributed by atoms with Gasteiger partial charge < -0.3 is 14.2 Å². The number of esters is 3. The van der Waals surface area contributed by atoms with Crippen LogP contribution in [0.1, 0.15) is 43.4 Å². The minimum absolute atomic E-state index is 0.0320. The van der Waals surface area contributed by atoms with Gasteiger partial charge in [-0.1, -0.05) is 29.8 Å². The van der Waals surface area contributed by atoms with Crippen molar-refractivity contribution in [1.29, 1.82) is 5.26 Å². The maximum absolute atomic E-state index is 16.5. The second-order valence-corrected chi connectivity index (χ2v) is 10.2. The number of rotatable bonds is 9. The predicted molar refractivity (Wildman–Crippen MR) is 135 cm³/mol. The normalized spacial score (nSPS) is 16.4. The Morgan fingerprint density at radius 3 is 1.90 bits per heavy atom. The van der Waals surface area contributed by atoms with E-state index in [1.165, 1.54) is 69.3 Å². The molecule has 0 aliphatic carbocycles. The molecule has 0 radical (unpaired) electrons. The molecule has 0 N–H and O–H groups in total. The summed E-state index contributed by atoms with van der Waals surface area (Å²) in [5.74, 6) is -7.78. The number of sulfonamides is 1. The van der Waals surface area contributed by atoms with Crippen LogP contribution in [0.4, 0.5) is 4.39 Å². The first-order chi connectivity index (χ1) is 18.5. The van der Waals surface area contributed by atoms with E-state index in [-0.39, 0.29) is 35.3 Å². The van der Waals surface area contributed by atoms with Crippen LogP contribution in [0.3, 0.4) is 0 Å². The van der Waals surface area contributed by atoms with Gasteiger partial charge in [0.05, 0.1) is 42.3 Å². The molecule has 0 saturated carbocycles. The fourth-order valence-corrected chi connectivity index (χ4v) is 5.99. The van der Waals surface area contributed by atoms with Gasteiger partial charge in [-0.25, -0.2) is 27.1 Å². The van der Waals surface area contributed by atoms with Crippen molar-refractivity contribution in [3.63, 3.8) is 0 Å². The quantitative estimate of drug-likeness (QED) is 0.196. The van der Waals surface area contributed by atoms with Crippen molar-refractivity contribution in [3.8, 4) is 6.07 Å². The maximum Gasteiger partial charge on any atom is 0.345 e. The highest BCUT2D eigenvalue weighted by atomic mass is 32.2. The number of halogens is 1. The van der Waals surface area contributed by atoms with Crippen LogP contribution in [0.25, 0.3) is 0 Å². The van der Waals surface area contributed by atoms with E-state index in [4.69, 9.17) is 14.2 Å². The molecule has 2 aromatic carbocycles. The number of carbonyl (C=O) groups is 3. The number of ether oxygens (including phenoxy) is 3. The minimum Gasteiger partial charge on any atom is -0.464 e. The zero-order valence-electron chi connectivity index (χ0n) is 21.8. The summed E-state index contributed by atoms with van der Waals surface area (Å²) < 4.78 is 59.9. The van der Waals surface area contributed by atoms with E-state index in [0.29, 0.717) is 5.56 Å². The second-order valence-electron chi connectivity index (χ2n) is 8.38. The average molecular weight is 559 g/mol. The molecule has 0 fully saturated rings. The van der Waals surface area contributed by atoms with Crippen LogP contribution < -0.4 is 0 Å². The molecule has 0 aromatic heterocycles. The lowest BCUT2D eigenvalue weighted by atomic mass is 9.76. The van der Waals surface area contributed by atoms with Gasteiger partial charge in [-0.15, -0.1) is 0 Å². The Bertz CT molecular complexity index is 1430. The van der Waals surface area contributed by atoms with E-state index in [2.05, 4.69) is 0 Å². The van der Waals surface area contributed by atoms with E-state index < -0.39 is 55.8 Å². The summed E-state index contributed by atoms with van der Waals surface area (Å²) in [6, 6.07) is 12.4. The third-order valence-corrected chi connectivity index (χ3v) is 7.83. The topological polar surface area (TPSA) is 140 Å². The summed E-state index contributed by atoms with van der Waals surface area (Å²) in [7, 11) is -5.04. The van der Waals surface area contributed by atoms with Crippen LogP contribution in [0.2, 0.25) is 0 Å². The fourth-order valence-electron chi connectivity index (χ4n) is 4.36. The van der Waals surface area contributed by atoms with Crippen molar-refractivity contribution in [1.82, 2.24) is 4.31 Å². The molecule has 1 aliphatic rings. The molecular formula is C27H27FN2O8S. The molecule has 0 amide bonds. The number of aryl methyl sites for hydroxylation is 1. The van der Waals surface area contributed by atoms with E-state index in [1.54, 1.807) is 6.92 Å². The third-order valence-electron chi connectivity index (χ3n) is 6.03. The number of hydrogen-bond acceptors (Lipinski definition) is 9. The van der Waals surface area contributed by atoms with Gasteiger partial charge >= 0.3 is 17.9 Å². The van der Waals surface area contributed by atoms with E-state index in [9.17, 15) is 28.1 Å².